The molecule has 0 bridgehead atoms. The van der Waals surface area contributed by atoms with E-state index >= 15 is 0 Å². The number of thiazole rings is 1. The van der Waals surface area contributed by atoms with E-state index in [0.29, 0.717) is 0 Å². The maximum absolute atomic E-state index is 5.27. The van der Waals surface area contributed by atoms with Gasteiger partial charge in [0.05, 0.1) is 12.1 Å². The van der Waals surface area contributed by atoms with Crippen molar-refractivity contribution in [2.45, 2.75) is 39.5 Å². The van der Waals surface area contributed by atoms with Crippen LogP contribution in [0.25, 0.3) is 0 Å². The number of rotatable bonds is 10. The summed E-state index contributed by atoms with van der Waals surface area (Å²) >= 11 is 1.80. The minimum atomic E-state index is 0.795. The summed E-state index contributed by atoms with van der Waals surface area (Å²) in [4.78, 5) is 10.5. The Kier molecular flexibility index (Phi) is 8.96. The van der Waals surface area contributed by atoms with Gasteiger partial charge in [0.25, 0.3) is 0 Å². The van der Waals surface area contributed by atoms with Crippen LogP contribution in [0.1, 0.15) is 35.7 Å². The summed E-state index contributed by atoms with van der Waals surface area (Å²) in [6, 6.07) is 8.23. The minimum Gasteiger partial charge on any atom is -0.497 e. The van der Waals surface area contributed by atoms with E-state index in [0.717, 1.165) is 57.0 Å². The van der Waals surface area contributed by atoms with Gasteiger partial charge in [-0.25, -0.2) is 4.98 Å². The Labute approximate surface area is 160 Å². The number of methoxy groups -OCH3 is 1. The van der Waals surface area contributed by atoms with Gasteiger partial charge in [-0.1, -0.05) is 19.1 Å². The minimum absolute atomic E-state index is 0.795. The first-order valence-corrected chi connectivity index (χ1v) is 10.2. The molecule has 6 heteroatoms. The molecule has 0 radical (unpaired) electrons. The molecule has 0 aliphatic heterocycles. The predicted octanol–water partition coefficient (Wildman–Crippen LogP) is 3.44. The van der Waals surface area contributed by atoms with Crippen molar-refractivity contribution in [2.75, 3.05) is 26.7 Å². The first-order valence-electron chi connectivity index (χ1n) is 9.33. The zero-order chi connectivity index (χ0) is 18.6. The average molecular weight is 375 g/mol. The first-order chi connectivity index (χ1) is 12.7. The molecule has 142 valence electrons. The number of aryl methyl sites for hydroxylation is 2. The van der Waals surface area contributed by atoms with E-state index in [1.807, 2.05) is 18.3 Å². The SMILES string of the molecule is CCNC(=NCCCc1cccc(OC)c1)NCCc1ncc(CC)s1. The molecular weight excluding hydrogens is 344 g/mol. The zero-order valence-corrected chi connectivity index (χ0v) is 16.9. The lowest BCUT2D eigenvalue weighted by atomic mass is 10.1. The fourth-order valence-corrected chi connectivity index (χ4v) is 3.42. The van der Waals surface area contributed by atoms with Gasteiger partial charge in [-0.2, -0.15) is 0 Å². The number of hydrogen-bond donors (Lipinski definition) is 2. The normalized spacial score (nSPS) is 11.4. The molecule has 0 aliphatic carbocycles. The zero-order valence-electron chi connectivity index (χ0n) is 16.0. The monoisotopic (exact) mass is 374 g/mol. The molecule has 0 spiro atoms. The van der Waals surface area contributed by atoms with Crippen LogP contribution in [0.4, 0.5) is 0 Å². The summed E-state index contributed by atoms with van der Waals surface area (Å²) in [5.41, 5.74) is 1.29. The molecule has 2 N–H and O–H groups in total. The van der Waals surface area contributed by atoms with Crippen molar-refractivity contribution in [1.29, 1.82) is 0 Å². The molecule has 0 amide bonds. The number of aromatic nitrogens is 1. The van der Waals surface area contributed by atoms with Crippen molar-refractivity contribution < 1.29 is 4.74 Å². The van der Waals surface area contributed by atoms with Gasteiger partial charge in [-0.15, -0.1) is 11.3 Å². The van der Waals surface area contributed by atoms with Gasteiger partial charge in [0.15, 0.2) is 5.96 Å². The summed E-state index contributed by atoms with van der Waals surface area (Å²) in [5.74, 6) is 1.79. The predicted molar refractivity (Wildman–Crippen MR) is 110 cm³/mol. The molecule has 0 atom stereocenters. The Balaban J connectivity index is 1.74. The summed E-state index contributed by atoms with van der Waals surface area (Å²) in [6.07, 6.45) is 5.98. The van der Waals surface area contributed by atoms with Crippen LogP contribution in [0.5, 0.6) is 5.75 Å². The second-order valence-corrected chi connectivity index (χ2v) is 7.17. The second-order valence-electron chi connectivity index (χ2n) is 5.97. The molecule has 2 rings (SSSR count). The van der Waals surface area contributed by atoms with Crippen LogP contribution in [0.3, 0.4) is 0 Å². The van der Waals surface area contributed by atoms with Crippen LogP contribution in [0, 0.1) is 0 Å². The van der Waals surface area contributed by atoms with Crippen LogP contribution in [-0.4, -0.2) is 37.7 Å². The van der Waals surface area contributed by atoms with Crippen molar-refractivity contribution in [2.24, 2.45) is 4.99 Å². The van der Waals surface area contributed by atoms with Crippen molar-refractivity contribution in [1.82, 2.24) is 15.6 Å². The molecule has 5 nitrogen and oxygen atoms in total. The molecule has 0 saturated heterocycles. The number of benzene rings is 1. The number of hydrogen-bond acceptors (Lipinski definition) is 4. The molecule has 1 aromatic carbocycles. The van der Waals surface area contributed by atoms with Crippen LogP contribution >= 0.6 is 11.3 Å². The van der Waals surface area contributed by atoms with E-state index in [1.165, 1.54) is 15.4 Å². The molecule has 2 aromatic rings. The van der Waals surface area contributed by atoms with Crippen LogP contribution < -0.4 is 15.4 Å². The molecule has 1 heterocycles. The van der Waals surface area contributed by atoms with Crippen LogP contribution in [0.2, 0.25) is 0 Å². The molecule has 0 saturated carbocycles. The van der Waals surface area contributed by atoms with E-state index in [2.05, 4.69) is 46.6 Å². The quantitative estimate of drug-likeness (QED) is 0.380. The fourth-order valence-electron chi connectivity index (χ4n) is 2.56. The van der Waals surface area contributed by atoms with Gasteiger partial charge >= 0.3 is 0 Å². The maximum atomic E-state index is 5.27. The molecule has 0 aliphatic rings. The van der Waals surface area contributed by atoms with Crippen LogP contribution in [-0.2, 0) is 19.3 Å². The highest BCUT2D eigenvalue weighted by molar-refractivity contribution is 7.11. The van der Waals surface area contributed by atoms with Gasteiger partial charge in [-0.05, 0) is 43.9 Å². The maximum Gasteiger partial charge on any atom is 0.191 e. The Hall–Kier alpha value is -2.08. The highest BCUT2D eigenvalue weighted by Gasteiger charge is 2.02. The van der Waals surface area contributed by atoms with Crippen LogP contribution in [0.15, 0.2) is 35.5 Å². The molecule has 0 unspecified atom stereocenters. The van der Waals surface area contributed by atoms with E-state index in [9.17, 15) is 0 Å². The highest BCUT2D eigenvalue weighted by atomic mass is 32.1. The van der Waals surface area contributed by atoms with Crippen molar-refractivity contribution in [3.8, 4) is 5.75 Å². The summed E-state index contributed by atoms with van der Waals surface area (Å²) in [7, 11) is 1.70. The lowest BCUT2D eigenvalue weighted by molar-refractivity contribution is 0.414. The lowest BCUT2D eigenvalue weighted by Gasteiger charge is -2.10. The largest absolute Gasteiger partial charge is 0.497 e. The third kappa shape index (κ3) is 7.04. The number of guanidine groups is 1. The molecular formula is C20H30N4OS. The molecule has 1 aromatic heterocycles. The van der Waals surface area contributed by atoms with Gasteiger partial charge in [0, 0.05) is 37.1 Å². The Morgan fingerprint density at radius 1 is 1.23 bits per heavy atom. The summed E-state index contributed by atoms with van der Waals surface area (Å²) < 4.78 is 5.27. The van der Waals surface area contributed by atoms with E-state index in [4.69, 9.17) is 4.74 Å². The van der Waals surface area contributed by atoms with Gasteiger partial charge < -0.3 is 15.4 Å². The summed E-state index contributed by atoms with van der Waals surface area (Å²) in [6.45, 7) is 6.75. The topological polar surface area (TPSA) is 58.5 Å². The Morgan fingerprint density at radius 3 is 2.85 bits per heavy atom. The number of nitrogens with zero attached hydrogens (tertiary/aromatic N) is 2. The number of nitrogens with one attached hydrogen (secondary N) is 2. The van der Waals surface area contributed by atoms with Crippen molar-refractivity contribution >= 4 is 17.3 Å². The van der Waals surface area contributed by atoms with E-state index in [-0.39, 0.29) is 0 Å². The highest BCUT2D eigenvalue weighted by Crippen LogP contribution is 2.14. The third-order valence-corrected chi connectivity index (χ3v) is 5.15. The Morgan fingerprint density at radius 2 is 2.12 bits per heavy atom. The number of ether oxygens (including phenoxy) is 1. The lowest BCUT2D eigenvalue weighted by Crippen LogP contribution is -2.38. The van der Waals surface area contributed by atoms with E-state index in [1.54, 1.807) is 18.4 Å². The van der Waals surface area contributed by atoms with Crippen molar-refractivity contribution in [3.05, 3.63) is 45.9 Å². The standard InChI is InChI=1S/C20H30N4OS/c1-4-18-15-24-19(26-18)11-13-23-20(21-5-2)22-12-7-9-16-8-6-10-17(14-16)25-3/h6,8,10,14-15H,4-5,7,9,11-13H2,1-3H3,(H2,21,22,23). The third-order valence-electron chi connectivity index (χ3n) is 3.95. The molecule has 0 fully saturated rings. The van der Waals surface area contributed by atoms with E-state index < -0.39 is 0 Å². The average Bonchev–Trinajstić information content (AvgIpc) is 3.13. The van der Waals surface area contributed by atoms with Gasteiger partial charge in [0.2, 0.25) is 0 Å². The summed E-state index contributed by atoms with van der Waals surface area (Å²) in [5, 5.41) is 7.89. The Bertz CT molecular complexity index is 684. The number of aliphatic imine (C=N–C) groups is 1. The van der Waals surface area contributed by atoms with Gasteiger partial charge in [0.1, 0.15) is 5.75 Å². The van der Waals surface area contributed by atoms with Crippen molar-refractivity contribution in [3.63, 3.8) is 0 Å². The first kappa shape index (κ1) is 20.2. The second kappa shape index (κ2) is 11.5. The molecule has 26 heavy (non-hydrogen) atoms. The fraction of sp³-hybridized carbons (Fsp3) is 0.500. The van der Waals surface area contributed by atoms with Gasteiger partial charge in [-0.3, -0.25) is 4.99 Å². The smallest absolute Gasteiger partial charge is 0.191 e.